The highest BCUT2D eigenvalue weighted by Gasteiger charge is 2.28. The van der Waals surface area contributed by atoms with Crippen LogP contribution in [0, 0.1) is 0 Å². The summed E-state index contributed by atoms with van der Waals surface area (Å²) in [6.07, 6.45) is 9.18. The summed E-state index contributed by atoms with van der Waals surface area (Å²) in [4.78, 5) is 6.94. The maximum atomic E-state index is 5.42. The van der Waals surface area contributed by atoms with Gasteiger partial charge >= 0.3 is 0 Å². The molecule has 2 aromatic rings. The summed E-state index contributed by atoms with van der Waals surface area (Å²) in [6, 6.07) is 0. The zero-order chi connectivity index (χ0) is 17.1. The number of aryl methyl sites for hydroxylation is 2. The van der Waals surface area contributed by atoms with Crippen LogP contribution in [-0.2, 0) is 25.9 Å². The first-order valence-corrected chi connectivity index (χ1v) is 9.79. The maximum absolute atomic E-state index is 5.42. The van der Waals surface area contributed by atoms with Crippen LogP contribution in [0.15, 0.2) is 4.52 Å². The molecule has 4 heterocycles. The molecule has 1 fully saturated rings. The zero-order valence-electron chi connectivity index (χ0n) is 15.2. The van der Waals surface area contributed by atoms with E-state index >= 15 is 0 Å². The Hall–Kier alpha value is -1.76. The first-order valence-electron chi connectivity index (χ1n) is 9.79. The van der Waals surface area contributed by atoms with E-state index in [2.05, 4.69) is 36.7 Å². The van der Waals surface area contributed by atoms with E-state index in [1.54, 1.807) is 0 Å². The summed E-state index contributed by atoms with van der Waals surface area (Å²) in [5, 5.41) is 13.1. The third-order valence-corrected chi connectivity index (χ3v) is 5.35. The van der Waals surface area contributed by atoms with Gasteiger partial charge in [-0.2, -0.15) is 4.98 Å². The minimum absolute atomic E-state index is 0.464. The van der Waals surface area contributed by atoms with E-state index in [0.29, 0.717) is 5.92 Å². The third-order valence-electron chi connectivity index (χ3n) is 5.35. The molecule has 1 unspecified atom stereocenters. The van der Waals surface area contributed by atoms with Gasteiger partial charge in [-0.25, -0.2) is 0 Å². The van der Waals surface area contributed by atoms with Crippen molar-refractivity contribution < 1.29 is 4.52 Å². The lowest BCUT2D eigenvalue weighted by Crippen LogP contribution is -2.35. The van der Waals surface area contributed by atoms with Crippen LogP contribution in [0.5, 0.6) is 0 Å². The van der Waals surface area contributed by atoms with Gasteiger partial charge in [0.1, 0.15) is 11.6 Å². The molecular formula is C18H28N6O. The molecule has 25 heavy (non-hydrogen) atoms. The summed E-state index contributed by atoms with van der Waals surface area (Å²) in [6.45, 7) is 6.05. The van der Waals surface area contributed by atoms with E-state index in [0.717, 1.165) is 57.2 Å². The van der Waals surface area contributed by atoms with Crippen molar-refractivity contribution in [1.82, 2.24) is 29.8 Å². The Morgan fingerprint density at radius 1 is 1.12 bits per heavy atom. The third kappa shape index (κ3) is 3.76. The van der Waals surface area contributed by atoms with Crippen LogP contribution in [0.4, 0.5) is 0 Å². The number of rotatable bonds is 5. The molecule has 0 bridgehead atoms. The molecule has 136 valence electrons. The Labute approximate surface area is 148 Å². The fourth-order valence-electron chi connectivity index (χ4n) is 4.09. The molecule has 7 nitrogen and oxygen atoms in total. The molecule has 2 aliphatic rings. The summed E-state index contributed by atoms with van der Waals surface area (Å²) < 4.78 is 7.81. The summed E-state index contributed by atoms with van der Waals surface area (Å²) in [5.74, 6) is 4.41. The molecule has 1 saturated heterocycles. The van der Waals surface area contributed by atoms with E-state index in [9.17, 15) is 0 Å². The van der Waals surface area contributed by atoms with E-state index in [1.165, 1.54) is 43.8 Å². The van der Waals surface area contributed by atoms with Crippen molar-refractivity contribution >= 4 is 0 Å². The summed E-state index contributed by atoms with van der Waals surface area (Å²) >= 11 is 0. The van der Waals surface area contributed by atoms with Crippen LogP contribution in [0.1, 0.15) is 74.7 Å². The van der Waals surface area contributed by atoms with Gasteiger partial charge in [-0.1, -0.05) is 18.5 Å². The molecule has 0 aliphatic carbocycles. The van der Waals surface area contributed by atoms with Gasteiger partial charge in [-0.15, -0.1) is 10.2 Å². The lowest BCUT2D eigenvalue weighted by atomic mass is 9.97. The molecule has 0 amide bonds. The molecular weight excluding hydrogens is 316 g/mol. The molecule has 1 atom stereocenters. The molecule has 2 aromatic heterocycles. The number of nitrogens with zero attached hydrogens (tertiary/aromatic N) is 6. The van der Waals surface area contributed by atoms with Gasteiger partial charge in [0.25, 0.3) is 0 Å². The van der Waals surface area contributed by atoms with Gasteiger partial charge < -0.3 is 9.09 Å². The largest absolute Gasteiger partial charge is 0.338 e. The molecule has 0 saturated carbocycles. The van der Waals surface area contributed by atoms with Crippen molar-refractivity contribution in [2.45, 2.75) is 77.3 Å². The maximum Gasteiger partial charge on any atom is 0.240 e. The average Bonchev–Trinajstić information content (AvgIpc) is 3.16. The highest BCUT2D eigenvalue weighted by atomic mass is 16.5. The minimum atomic E-state index is 0.464. The van der Waals surface area contributed by atoms with Crippen LogP contribution in [0.3, 0.4) is 0 Å². The van der Waals surface area contributed by atoms with Crippen molar-refractivity contribution in [3.05, 3.63) is 23.4 Å². The molecule has 7 heteroatoms. The Balaban J connectivity index is 1.43. The van der Waals surface area contributed by atoms with Crippen LogP contribution in [0.2, 0.25) is 0 Å². The van der Waals surface area contributed by atoms with Gasteiger partial charge in [0.2, 0.25) is 5.89 Å². The topological polar surface area (TPSA) is 72.9 Å². The molecule has 4 rings (SSSR count). The van der Waals surface area contributed by atoms with E-state index < -0.39 is 0 Å². The average molecular weight is 344 g/mol. The molecule has 0 N–H and O–H groups in total. The first kappa shape index (κ1) is 16.7. The van der Waals surface area contributed by atoms with Crippen molar-refractivity contribution in [3.8, 4) is 0 Å². The van der Waals surface area contributed by atoms with Crippen molar-refractivity contribution in [2.24, 2.45) is 0 Å². The number of fused-ring (bicyclic) bond motifs is 1. The summed E-state index contributed by atoms with van der Waals surface area (Å²) in [5.41, 5.74) is 0. The Morgan fingerprint density at radius 3 is 3.00 bits per heavy atom. The number of aromatic nitrogens is 5. The highest BCUT2D eigenvalue weighted by Crippen LogP contribution is 2.28. The second kappa shape index (κ2) is 7.64. The standard InChI is InChI=1S/C18H28N6O/c1-2-7-15-19-17(25-22-15)13-23-10-6-8-14(12-23)18-21-20-16-9-4-3-5-11-24(16)18/h14H,2-13H2,1H3. The van der Waals surface area contributed by atoms with Crippen LogP contribution >= 0.6 is 0 Å². The van der Waals surface area contributed by atoms with Crippen molar-refractivity contribution in [3.63, 3.8) is 0 Å². The van der Waals surface area contributed by atoms with Gasteiger partial charge in [0.15, 0.2) is 5.82 Å². The number of hydrogen-bond donors (Lipinski definition) is 0. The van der Waals surface area contributed by atoms with Crippen LogP contribution < -0.4 is 0 Å². The van der Waals surface area contributed by atoms with Crippen molar-refractivity contribution in [1.29, 1.82) is 0 Å². The van der Waals surface area contributed by atoms with E-state index in [4.69, 9.17) is 4.52 Å². The van der Waals surface area contributed by atoms with E-state index in [-0.39, 0.29) is 0 Å². The summed E-state index contributed by atoms with van der Waals surface area (Å²) in [7, 11) is 0. The minimum Gasteiger partial charge on any atom is -0.338 e. The molecule has 2 aliphatic heterocycles. The zero-order valence-corrected chi connectivity index (χ0v) is 15.2. The smallest absolute Gasteiger partial charge is 0.240 e. The lowest BCUT2D eigenvalue weighted by Gasteiger charge is -2.31. The Morgan fingerprint density at radius 2 is 2.08 bits per heavy atom. The fourth-order valence-corrected chi connectivity index (χ4v) is 4.09. The van der Waals surface area contributed by atoms with Gasteiger partial charge in [0.05, 0.1) is 6.54 Å². The van der Waals surface area contributed by atoms with Gasteiger partial charge in [-0.3, -0.25) is 4.90 Å². The quantitative estimate of drug-likeness (QED) is 0.830. The second-order valence-electron chi connectivity index (χ2n) is 7.37. The molecule has 0 radical (unpaired) electrons. The monoisotopic (exact) mass is 344 g/mol. The molecule has 0 spiro atoms. The van der Waals surface area contributed by atoms with E-state index in [1.807, 2.05) is 0 Å². The van der Waals surface area contributed by atoms with Crippen LogP contribution in [0.25, 0.3) is 0 Å². The number of piperidine rings is 1. The number of likely N-dealkylation sites (tertiary alicyclic amines) is 1. The predicted molar refractivity (Wildman–Crippen MR) is 93.1 cm³/mol. The first-order chi connectivity index (χ1) is 12.3. The normalized spacial score (nSPS) is 21.9. The Kier molecular flexibility index (Phi) is 5.10. The second-order valence-corrected chi connectivity index (χ2v) is 7.37. The molecule has 0 aromatic carbocycles. The Bertz CT molecular complexity index is 694. The van der Waals surface area contributed by atoms with Crippen LogP contribution in [-0.4, -0.2) is 42.9 Å². The fraction of sp³-hybridized carbons (Fsp3) is 0.778. The van der Waals surface area contributed by atoms with Gasteiger partial charge in [-0.05, 0) is 38.6 Å². The SMILES string of the molecule is CCCc1noc(CN2CCCC(c3nnc4n3CCCCC4)C2)n1. The lowest BCUT2D eigenvalue weighted by molar-refractivity contribution is 0.172. The van der Waals surface area contributed by atoms with Gasteiger partial charge in [0, 0.05) is 31.8 Å². The van der Waals surface area contributed by atoms with Crippen molar-refractivity contribution in [2.75, 3.05) is 13.1 Å². The predicted octanol–water partition coefficient (Wildman–Crippen LogP) is 2.72. The highest BCUT2D eigenvalue weighted by molar-refractivity contribution is 5.06. The number of hydrogen-bond acceptors (Lipinski definition) is 6.